The van der Waals surface area contributed by atoms with Crippen LogP contribution in [0.1, 0.15) is 0 Å². The molecule has 3 aromatic rings. The molecule has 1 aromatic heterocycles. The number of carbonyl (C=O) groups is 1. The second-order valence-corrected chi connectivity index (χ2v) is 7.29. The lowest BCUT2D eigenvalue weighted by atomic mass is 10.3. The summed E-state index contributed by atoms with van der Waals surface area (Å²) in [4.78, 5) is 21.2. The van der Waals surface area contributed by atoms with Gasteiger partial charge in [-0.25, -0.2) is 4.98 Å². The number of ether oxygens (including phenoxy) is 2. The molecule has 7 heteroatoms. The number of hydrogen-bond donors (Lipinski definition) is 0. The lowest BCUT2D eigenvalue weighted by Crippen LogP contribution is -2.39. The summed E-state index contributed by atoms with van der Waals surface area (Å²) in [5.41, 5.74) is 0.899. The van der Waals surface area contributed by atoms with Gasteiger partial charge in [0.2, 0.25) is 0 Å². The van der Waals surface area contributed by atoms with Crippen LogP contribution in [-0.4, -0.2) is 56.7 Å². The van der Waals surface area contributed by atoms with Gasteiger partial charge in [-0.1, -0.05) is 23.5 Å². The number of rotatable bonds is 8. The molecule has 27 heavy (non-hydrogen) atoms. The summed E-state index contributed by atoms with van der Waals surface area (Å²) in [5, 5.41) is 0.696. The van der Waals surface area contributed by atoms with Gasteiger partial charge in [-0.3, -0.25) is 9.69 Å². The first-order chi connectivity index (χ1) is 13.1. The molecule has 0 radical (unpaired) electrons. The summed E-state index contributed by atoms with van der Waals surface area (Å²) < 4.78 is 11.9. The SMILES string of the molecule is COc1ccc(OCC(=O)N(CCN(C)C)c2nc3ccccc3s2)cc1. The van der Waals surface area contributed by atoms with E-state index >= 15 is 0 Å². The van der Waals surface area contributed by atoms with Crippen LogP contribution in [0.2, 0.25) is 0 Å². The van der Waals surface area contributed by atoms with E-state index < -0.39 is 0 Å². The van der Waals surface area contributed by atoms with E-state index in [9.17, 15) is 4.79 Å². The Morgan fingerprint density at radius 2 is 1.74 bits per heavy atom. The third kappa shape index (κ3) is 4.96. The first kappa shape index (κ1) is 19.1. The Morgan fingerprint density at radius 3 is 2.41 bits per heavy atom. The molecule has 0 saturated heterocycles. The zero-order valence-corrected chi connectivity index (χ0v) is 16.5. The Labute approximate surface area is 162 Å². The number of para-hydroxylation sites is 1. The second-order valence-electron chi connectivity index (χ2n) is 6.28. The number of nitrogens with zero attached hydrogens (tertiary/aromatic N) is 3. The van der Waals surface area contributed by atoms with E-state index in [2.05, 4.69) is 4.98 Å². The number of carbonyl (C=O) groups excluding carboxylic acids is 1. The van der Waals surface area contributed by atoms with Crippen molar-refractivity contribution in [1.29, 1.82) is 0 Å². The van der Waals surface area contributed by atoms with Crippen LogP contribution in [0.5, 0.6) is 11.5 Å². The molecule has 1 heterocycles. The summed E-state index contributed by atoms with van der Waals surface area (Å²) in [7, 11) is 5.57. The fourth-order valence-corrected chi connectivity index (χ4v) is 3.51. The largest absolute Gasteiger partial charge is 0.497 e. The molecular formula is C20H23N3O3S. The molecule has 0 unspecified atom stereocenters. The number of anilines is 1. The van der Waals surface area contributed by atoms with Crippen LogP contribution in [-0.2, 0) is 4.79 Å². The van der Waals surface area contributed by atoms with Crippen LogP contribution in [0.4, 0.5) is 5.13 Å². The number of fused-ring (bicyclic) bond motifs is 1. The van der Waals surface area contributed by atoms with E-state index in [0.29, 0.717) is 17.4 Å². The molecule has 0 N–H and O–H groups in total. The first-order valence-corrected chi connectivity index (χ1v) is 9.46. The van der Waals surface area contributed by atoms with Crippen LogP contribution in [0.3, 0.4) is 0 Å². The lowest BCUT2D eigenvalue weighted by molar-refractivity contribution is -0.120. The molecule has 0 atom stereocenters. The average Bonchev–Trinajstić information content (AvgIpc) is 3.10. The van der Waals surface area contributed by atoms with Crippen molar-refractivity contribution in [1.82, 2.24) is 9.88 Å². The summed E-state index contributed by atoms with van der Waals surface area (Å²) in [5.74, 6) is 1.25. The Hall–Kier alpha value is -2.64. The summed E-state index contributed by atoms with van der Waals surface area (Å²) in [6.45, 7) is 1.25. The molecule has 142 valence electrons. The third-order valence-electron chi connectivity index (χ3n) is 4.01. The second kappa shape index (κ2) is 8.83. The van der Waals surface area contributed by atoms with Crippen LogP contribution in [0, 0.1) is 0 Å². The molecule has 0 aliphatic carbocycles. The Balaban J connectivity index is 1.73. The van der Waals surface area contributed by atoms with E-state index in [1.165, 1.54) is 11.3 Å². The van der Waals surface area contributed by atoms with E-state index in [4.69, 9.17) is 9.47 Å². The zero-order chi connectivity index (χ0) is 19.2. The van der Waals surface area contributed by atoms with Crippen molar-refractivity contribution in [3.63, 3.8) is 0 Å². The molecule has 1 amide bonds. The van der Waals surface area contributed by atoms with Crippen molar-refractivity contribution < 1.29 is 14.3 Å². The van der Waals surface area contributed by atoms with Gasteiger partial charge >= 0.3 is 0 Å². The minimum atomic E-state index is -0.119. The summed E-state index contributed by atoms with van der Waals surface area (Å²) in [6, 6.07) is 15.1. The molecule has 0 spiro atoms. The van der Waals surface area contributed by atoms with Crippen molar-refractivity contribution in [3.05, 3.63) is 48.5 Å². The molecule has 0 aliphatic heterocycles. The third-order valence-corrected chi connectivity index (χ3v) is 5.07. The van der Waals surface area contributed by atoms with Gasteiger partial charge in [-0.2, -0.15) is 0 Å². The van der Waals surface area contributed by atoms with Gasteiger partial charge in [0.05, 0.1) is 17.3 Å². The van der Waals surface area contributed by atoms with Crippen molar-refractivity contribution in [2.45, 2.75) is 0 Å². The normalized spacial score (nSPS) is 11.0. The predicted molar refractivity (Wildman–Crippen MR) is 109 cm³/mol. The molecule has 3 rings (SSSR count). The molecule has 0 saturated carbocycles. The molecule has 2 aromatic carbocycles. The summed E-state index contributed by atoms with van der Waals surface area (Å²) >= 11 is 1.52. The lowest BCUT2D eigenvalue weighted by Gasteiger charge is -2.22. The van der Waals surface area contributed by atoms with E-state index in [1.54, 1.807) is 36.3 Å². The highest BCUT2D eigenvalue weighted by Crippen LogP contribution is 2.28. The van der Waals surface area contributed by atoms with Gasteiger partial charge in [0.25, 0.3) is 5.91 Å². The van der Waals surface area contributed by atoms with Crippen molar-refractivity contribution in [2.24, 2.45) is 0 Å². The van der Waals surface area contributed by atoms with Crippen LogP contribution in [0.15, 0.2) is 48.5 Å². The minimum absolute atomic E-state index is 0.0459. The quantitative estimate of drug-likeness (QED) is 0.596. The first-order valence-electron chi connectivity index (χ1n) is 8.64. The number of likely N-dealkylation sites (N-methyl/N-ethyl adjacent to an activating group) is 1. The maximum absolute atomic E-state index is 12.9. The highest BCUT2D eigenvalue weighted by Gasteiger charge is 2.20. The number of thiazole rings is 1. The molecular weight excluding hydrogens is 362 g/mol. The number of benzene rings is 2. The zero-order valence-electron chi connectivity index (χ0n) is 15.7. The van der Waals surface area contributed by atoms with Crippen LogP contribution >= 0.6 is 11.3 Å². The number of amides is 1. The van der Waals surface area contributed by atoms with Gasteiger partial charge < -0.3 is 14.4 Å². The van der Waals surface area contributed by atoms with Crippen molar-refractivity contribution >= 4 is 32.6 Å². The van der Waals surface area contributed by atoms with Gasteiger partial charge in [0.1, 0.15) is 11.5 Å². The maximum Gasteiger partial charge on any atom is 0.266 e. The van der Waals surface area contributed by atoms with Crippen LogP contribution < -0.4 is 14.4 Å². The fraction of sp³-hybridized carbons (Fsp3) is 0.300. The molecule has 0 bridgehead atoms. The number of methoxy groups -OCH3 is 1. The Kier molecular flexibility index (Phi) is 6.26. The summed E-state index contributed by atoms with van der Waals surface area (Å²) in [6.07, 6.45) is 0. The Bertz CT molecular complexity index is 860. The highest BCUT2D eigenvalue weighted by atomic mass is 32.1. The number of aromatic nitrogens is 1. The molecule has 0 aliphatic rings. The van der Waals surface area contributed by atoms with E-state index in [0.717, 1.165) is 22.5 Å². The van der Waals surface area contributed by atoms with Gasteiger partial charge in [0.15, 0.2) is 11.7 Å². The van der Waals surface area contributed by atoms with Crippen molar-refractivity contribution in [3.8, 4) is 11.5 Å². The van der Waals surface area contributed by atoms with Gasteiger partial charge in [-0.05, 0) is 50.5 Å². The Morgan fingerprint density at radius 1 is 1.04 bits per heavy atom. The molecule has 0 fully saturated rings. The highest BCUT2D eigenvalue weighted by molar-refractivity contribution is 7.22. The standard InChI is InChI=1S/C20H23N3O3S/c1-22(2)12-13-23(20-21-17-6-4-5-7-18(17)27-20)19(24)14-26-16-10-8-15(25-3)9-11-16/h4-11H,12-14H2,1-3H3. The molecule has 6 nitrogen and oxygen atoms in total. The van der Waals surface area contributed by atoms with Gasteiger partial charge in [0, 0.05) is 13.1 Å². The minimum Gasteiger partial charge on any atom is -0.497 e. The van der Waals surface area contributed by atoms with Gasteiger partial charge in [-0.15, -0.1) is 0 Å². The predicted octanol–water partition coefficient (Wildman–Crippen LogP) is 3.28. The fourth-order valence-electron chi connectivity index (χ4n) is 2.50. The maximum atomic E-state index is 12.9. The monoisotopic (exact) mass is 385 g/mol. The van der Waals surface area contributed by atoms with Crippen molar-refractivity contribution in [2.75, 3.05) is 45.8 Å². The smallest absolute Gasteiger partial charge is 0.266 e. The topological polar surface area (TPSA) is 54.9 Å². The van der Waals surface area contributed by atoms with Crippen LogP contribution in [0.25, 0.3) is 10.2 Å². The number of hydrogen-bond acceptors (Lipinski definition) is 6. The van der Waals surface area contributed by atoms with E-state index in [1.807, 2.05) is 43.3 Å². The van der Waals surface area contributed by atoms with E-state index in [-0.39, 0.29) is 12.5 Å². The average molecular weight is 385 g/mol.